The third-order valence-electron chi connectivity index (χ3n) is 4.42. The summed E-state index contributed by atoms with van der Waals surface area (Å²) in [6.07, 6.45) is 1.26. The van der Waals surface area contributed by atoms with Crippen LogP contribution in [0.15, 0.2) is 48.5 Å². The van der Waals surface area contributed by atoms with E-state index < -0.39 is 6.10 Å². The van der Waals surface area contributed by atoms with Gasteiger partial charge in [0.05, 0.1) is 12.0 Å². The van der Waals surface area contributed by atoms with Gasteiger partial charge in [0.25, 0.3) is 0 Å². The summed E-state index contributed by atoms with van der Waals surface area (Å²) >= 11 is 0. The summed E-state index contributed by atoms with van der Waals surface area (Å²) < 4.78 is 13.3. The number of rotatable bonds is 1. The lowest BCUT2D eigenvalue weighted by Gasteiger charge is -2.29. The van der Waals surface area contributed by atoms with Crippen LogP contribution in [-0.2, 0) is 6.42 Å². The molecule has 0 amide bonds. The van der Waals surface area contributed by atoms with Crippen molar-refractivity contribution < 1.29 is 9.50 Å². The average molecular weight is 281 g/mol. The zero-order valence-electron chi connectivity index (χ0n) is 11.5. The second-order valence-corrected chi connectivity index (χ2v) is 5.74. The van der Waals surface area contributed by atoms with Crippen molar-refractivity contribution in [3.05, 3.63) is 71.2 Å². The number of hydrogen-bond acceptors (Lipinski definition) is 1. The van der Waals surface area contributed by atoms with Gasteiger partial charge < -0.3 is 10.1 Å². The third-order valence-corrected chi connectivity index (χ3v) is 4.42. The van der Waals surface area contributed by atoms with Crippen molar-refractivity contribution >= 4 is 10.9 Å². The largest absolute Gasteiger partial charge is 0.392 e. The van der Waals surface area contributed by atoms with Crippen LogP contribution in [0.2, 0.25) is 0 Å². The highest BCUT2D eigenvalue weighted by Gasteiger charge is 2.30. The summed E-state index contributed by atoms with van der Waals surface area (Å²) in [6, 6.07) is 14.9. The van der Waals surface area contributed by atoms with Crippen molar-refractivity contribution in [2.75, 3.05) is 0 Å². The van der Waals surface area contributed by atoms with Gasteiger partial charge in [0.1, 0.15) is 5.82 Å². The van der Waals surface area contributed by atoms with Crippen LogP contribution in [0.5, 0.6) is 0 Å². The Bertz CT molecular complexity index is 808. The Kier molecular flexibility index (Phi) is 2.82. The van der Waals surface area contributed by atoms with E-state index >= 15 is 0 Å². The van der Waals surface area contributed by atoms with Crippen LogP contribution in [0.4, 0.5) is 4.39 Å². The second kappa shape index (κ2) is 4.71. The van der Waals surface area contributed by atoms with E-state index in [1.807, 2.05) is 18.2 Å². The minimum Gasteiger partial charge on any atom is -0.392 e. The lowest BCUT2D eigenvalue weighted by Crippen LogP contribution is -2.26. The molecule has 0 saturated heterocycles. The number of fused-ring (bicyclic) bond motifs is 2. The number of nitrogens with one attached hydrogen (secondary N) is 1. The van der Waals surface area contributed by atoms with Gasteiger partial charge in [0.2, 0.25) is 0 Å². The predicted octanol–water partition coefficient (Wildman–Crippen LogP) is 3.75. The van der Waals surface area contributed by atoms with Crippen LogP contribution >= 0.6 is 0 Å². The molecule has 0 bridgehead atoms. The van der Waals surface area contributed by atoms with Crippen LogP contribution in [0.3, 0.4) is 0 Å². The van der Waals surface area contributed by atoms with Gasteiger partial charge in [-0.25, -0.2) is 4.39 Å². The summed E-state index contributed by atoms with van der Waals surface area (Å²) in [5, 5.41) is 11.3. The molecule has 1 aromatic heterocycles. The summed E-state index contributed by atoms with van der Waals surface area (Å²) in [5.74, 6) is -0.303. The van der Waals surface area contributed by atoms with Gasteiger partial charge in [-0.15, -0.1) is 0 Å². The highest BCUT2D eigenvalue weighted by Crippen LogP contribution is 2.37. The van der Waals surface area contributed by atoms with E-state index in [9.17, 15) is 9.50 Å². The maximum absolute atomic E-state index is 13.3. The number of aromatic amines is 1. The maximum atomic E-state index is 13.3. The molecule has 2 nitrogen and oxygen atoms in total. The molecule has 0 saturated carbocycles. The van der Waals surface area contributed by atoms with Gasteiger partial charge in [-0.05, 0) is 48.2 Å². The average Bonchev–Trinajstić information content (AvgIpc) is 2.89. The summed E-state index contributed by atoms with van der Waals surface area (Å²) in [5.41, 5.74) is 4.32. The summed E-state index contributed by atoms with van der Waals surface area (Å²) in [7, 11) is 0. The Morgan fingerprint density at radius 2 is 1.95 bits per heavy atom. The molecule has 2 unspecified atom stereocenters. The van der Waals surface area contributed by atoms with Crippen molar-refractivity contribution in [2.24, 2.45) is 0 Å². The fraction of sp³-hybridized carbons (Fsp3) is 0.222. The lowest BCUT2D eigenvalue weighted by atomic mass is 9.79. The fourth-order valence-electron chi connectivity index (χ4n) is 3.41. The van der Waals surface area contributed by atoms with Crippen LogP contribution < -0.4 is 0 Å². The Hall–Kier alpha value is -2.13. The highest BCUT2D eigenvalue weighted by atomic mass is 19.1. The number of aromatic nitrogens is 1. The van der Waals surface area contributed by atoms with E-state index in [1.54, 1.807) is 6.07 Å². The van der Waals surface area contributed by atoms with Crippen LogP contribution in [0.25, 0.3) is 10.9 Å². The molecule has 106 valence electrons. The highest BCUT2D eigenvalue weighted by molar-refractivity contribution is 5.80. The quantitative estimate of drug-likeness (QED) is 0.700. The van der Waals surface area contributed by atoms with Crippen molar-refractivity contribution in [1.82, 2.24) is 4.98 Å². The summed E-state index contributed by atoms with van der Waals surface area (Å²) in [4.78, 5) is 3.34. The first kappa shape index (κ1) is 12.6. The SMILES string of the molecule is OC1CCc2ccccc2C1c1cc2cc(F)ccc2[nH]1. The smallest absolute Gasteiger partial charge is 0.123 e. The Morgan fingerprint density at radius 1 is 1.10 bits per heavy atom. The van der Waals surface area contributed by atoms with Gasteiger partial charge >= 0.3 is 0 Å². The lowest BCUT2D eigenvalue weighted by molar-refractivity contribution is 0.138. The topological polar surface area (TPSA) is 36.0 Å². The molecule has 3 aromatic rings. The first-order chi connectivity index (χ1) is 10.2. The van der Waals surface area contributed by atoms with Crippen LogP contribution in [-0.4, -0.2) is 16.2 Å². The molecular formula is C18H16FNO. The third kappa shape index (κ3) is 2.05. The van der Waals surface area contributed by atoms with E-state index in [2.05, 4.69) is 17.1 Å². The summed E-state index contributed by atoms with van der Waals surface area (Å²) in [6.45, 7) is 0. The monoisotopic (exact) mass is 281 g/mol. The van der Waals surface area contributed by atoms with Gasteiger partial charge in [0, 0.05) is 16.6 Å². The van der Waals surface area contributed by atoms with Gasteiger partial charge in [-0.2, -0.15) is 0 Å². The first-order valence-electron chi connectivity index (χ1n) is 7.26. The van der Waals surface area contributed by atoms with E-state index in [-0.39, 0.29) is 11.7 Å². The molecule has 2 aromatic carbocycles. The first-order valence-corrected chi connectivity index (χ1v) is 7.26. The molecule has 0 aliphatic heterocycles. The van der Waals surface area contributed by atoms with Crippen LogP contribution in [0, 0.1) is 5.82 Å². The van der Waals surface area contributed by atoms with Crippen molar-refractivity contribution in [3.63, 3.8) is 0 Å². The van der Waals surface area contributed by atoms with Crippen molar-refractivity contribution in [3.8, 4) is 0 Å². The molecule has 2 N–H and O–H groups in total. The number of aliphatic hydroxyl groups is 1. The van der Waals surface area contributed by atoms with E-state index in [0.29, 0.717) is 0 Å². The second-order valence-electron chi connectivity index (χ2n) is 5.74. The molecule has 1 aliphatic rings. The standard InChI is InChI=1S/C18H16FNO/c19-13-6-7-15-12(9-13)10-16(20-15)18-14-4-2-1-3-11(14)5-8-17(18)21/h1-4,6-7,9-10,17-18,20-21H,5,8H2. The molecule has 1 heterocycles. The van der Waals surface area contributed by atoms with Crippen molar-refractivity contribution in [2.45, 2.75) is 24.9 Å². The van der Waals surface area contributed by atoms with E-state index in [4.69, 9.17) is 0 Å². The number of hydrogen-bond donors (Lipinski definition) is 2. The fourth-order valence-corrected chi connectivity index (χ4v) is 3.41. The van der Waals surface area contributed by atoms with Gasteiger partial charge in [-0.1, -0.05) is 24.3 Å². The number of halogens is 1. The minimum absolute atomic E-state index is 0.0644. The zero-order valence-corrected chi connectivity index (χ0v) is 11.5. The van der Waals surface area contributed by atoms with Gasteiger partial charge in [-0.3, -0.25) is 0 Å². The Balaban J connectivity index is 1.87. The van der Waals surface area contributed by atoms with Gasteiger partial charge in [0.15, 0.2) is 0 Å². The molecule has 0 spiro atoms. The Morgan fingerprint density at radius 3 is 2.86 bits per heavy atom. The number of aryl methyl sites for hydroxylation is 1. The molecule has 2 atom stereocenters. The van der Waals surface area contributed by atoms with E-state index in [0.717, 1.165) is 29.4 Å². The van der Waals surface area contributed by atoms with Crippen LogP contribution in [0.1, 0.15) is 29.2 Å². The number of aliphatic hydroxyl groups excluding tert-OH is 1. The molecule has 3 heteroatoms. The minimum atomic E-state index is -0.405. The number of H-pyrrole nitrogens is 1. The zero-order chi connectivity index (χ0) is 14.4. The van der Waals surface area contributed by atoms with Crippen molar-refractivity contribution in [1.29, 1.82) is 0 Å². The predicted molar refractivity (Wildman–Crippen MR) is 80.9 cm³/mol. The number of benzene rings is 2. The molecular weight excluding hydrogens is 265 g/mol. The molecule has 0 radical (unpaired) electrons. The Labute approximate surface area is 122 Å². The van der Waals surface area contributed by atoms with E-state index in [1.165, 1.54) is 23.3 Å². The molecule has 0 fully saturated rings. The normalized spacial score (nSPS) is 21.4. The molecule has 21 heavy (non-hydrogen) atoms. The molecule has 4 rings (SSSR count). The maximum Gasteiger partial charge on any atom is 0.123 e. The molecule has 1 aliphatic carbocycles.